The summed E-state index contributed by atoms with van der Waals surface area (Å²) in [5.74, 6) is 7.07. The molecule has 4 aromatic carbocycles. The van der Waals surface area contributed by atoms with Crippen LogP contribution in [0.1, 0.15) is 33.4 Å². The fraction of sp³-hybridized carbons (Fsp3) is 0.118. The summed E-state index contributed by atoms with van der Waals surface area (Å²) in [5, 5.41) is 1.55. The number of rotatable bonds is 10. The number of alkyl halides is 2. The molecule has 0 saturated heterocycles. The first-order valence-electron chi connectivity index (χ1n) is 12.1. The summed E-state index contributed by atoms with van der Waals surface area (Å²) >= 11 is 6.84. The minimum absolute atomic E-state index is 0.603. The molecule has 4 heteroatoms. The van der Waals surface area contributed by atoms with Crippen molar-refractivity contribution in [3.05, 3.63) is 130 Å². The highest BCUT2D eigenvalue weighted by Gasteiger charge is 2.17. The predicted octanol–water partition coefficient (Wildman–Crippen LogP) is 8.20. The second-order valence-corrected chi connectivity index (χ2v) is 9.90. The number of terminal acetylenes is 2. The lowest BCUT2D eigenvalue weighted by Gasteiger charge is -2.19. The number of hydrogen-bond donors (Lipinski definition) is 0. The Hall–Kier alpha value is -3.70. The maximum Gasteiger partial charge on any atom is 0.119 e. The van der Waals surface area contributed by atoms with Crippen LogP contribution in [0.4, 0.5) is 0 Å². The van der Waals surface area contributed by atoms with Gasteiger partial charge in [0.15, 0.2) is 0 Å². The minimum Gasteiger partial charge on any atom is -0.493 e. The van der Waals surface area contributed by atoms with E-state index in [-0.39, 0.29) is 0 Å². The van der Waals surface area contributed by atoms with Gasteiger partial charge in [-0.1, -0.05) is 92.2 Å². The Morgan fingerprint density at radius 2 is 0.789 bits per heavy atom. The summed E-state index contributed by atoms with van der Waals surface area (Å²) in [4.78, 5) is 0. The summed E-state index contributed by atoms with van der Waals surface area (Å²) in [6.07, 6.45) is 11.3. The lowest BCUT2D eigenvalue weighted by atomic mass is 9.85. The molecule has 0 heterocycles. The van der Waals surface area contributed by atoms with Crippen LogP contribution in [-0.4, -0.2) is 23.9 Å². The monoisotopic (exact) mass is 624 g/mol. The average molecular weight is 626 g/mol. The molecular weight excluding hydrogens is 600 g/mol. The molecule has 4 aromatic rings. The van der Waals surface area contributed by atoms with E-state index in [0.29, 0.717) is 13.2 Å². The Morgan fingerprint density at radius 1 is 0.500 bits per heavy atom. The third-order valence-electron chi connectivity index (χ3n) is 5.91. The summed E-state index contributed by atoms with van der Waals surface area (Å²) < 4.78 is 11.6. The van der Waals surface area contributed by atoms with E-state index in [1.54, 1.807) is 0 Å². The molecule has 0 bridgehead atoms. The fourth-order valence-electron chi connectivity index (χ4n) is 4.13. The van der Waals surface area contributed by atoms with Crippen LogP contribution in [0, 0.1) is 24.7 Å². The van der Waals surface area contributed by atoms with Crippen molar-refractivity contribution in [1.29, 1.82) is 0 Å². The number of hydrogen-bond acceptors (Lipinski definition) is 2. The highest BCUT2D eigenvalue weighted by atomic mass is 79.9. The molecule has 0 aromatic heterocycles. The van der Waals surface area contributed by atoms with Gasteiger partial charge in [-0.2, -0.15) is 0 Å². The molecule has 4 rings (SSSR count). The average Bonchev–Trinajstić information content (AvgIpc) is 2.98. The van der Waals surface area contributed by atoms with Gasteiger partial charge in [0, 0.05) is 21.8 Å². The van der Waals surface area contributed by atoms with Crippen molar-refractivity contribution in [2.45, 2.75) is 0 Å². The zero-order valence-electron chi connectivity index (χ0n) is 20.8. The maximum absolute atomic E-state index is 5.81. The highest BCUT2D eigenvalue weighted by Crippen LogP contribution is 2.38. The van der Waals surface area contributed by atoms with Crippen molar-refractivity contribution in [1.82, 2.24) is 0 Å². The number of ether oxygens (including phenoxy) is 2. The van der Waals surface area contributed by atoms with Gasteiger partial charge in [-0.3, -0.25) is 0 Å². The van der Waals surface area contributed by atoms with Gasteiger partial charge in [0.2, 0.25) is 0 Å². The third kappa shape index (κ3) is 6.78. The summed E-state index contributed by atoms with van der Waals surface area (Å²) in [5.41, 5.74) is 8.02. The Bertz CT molecular complexity index is 1340. The largest absolute Gasteiger partial charge is 0.493 e. The first-order chi connectivity index (χ1) is 18.7. The highest BCUT2D eigenvalue weighted by molar-refractivity contribution is 9.09. The van der Waals surface area contributed by atoms with Crippen LogP contribution < -0.4 is 9.47 Å². The molecule has 188 valence electrons. The zero-order chi connectivity index (χ0) is 26.7. The normalized spacial score (nSPS) is 10.2. The Balaban J connectivity index is 1.96. The smallest absolute Gasteiger partial charge is 0.119 e. The molecule has 0 radical (unpaired) electrons. The Kier molecular flexibility index (Phi) is 9.88. The molecule has 0 N–H and O–H groups in total. The molecule has 0 aliphatic carbocycles. The third-order valence-corrected chi connectivity index (χ3v) is 6.56. The molecular formula is C34H26Br2O2. The summed E-state index contributed by atoms with van der Waals surface area (Å²) in [6, 6.07) is 32.6. The topological polar surface area (TPSA) is 18.5 Å². The Morgan fingerprint density at radius 3 is 1.05 bits per heavy atom. The van der Waals surface area contributed by atoms with E-state index in [1.807, 2.05) is 48.5 Å². The van der Waals surface area contributed by atoms with E-state index in [4.69, 9.17) is 22.3 Å². The number of halogens is 2. The summed E-state index contributed by atoms with van der Waals surface area (Å²) in [7, 11) is 0. The zero-order valence-corrected chi connectivity index (χ0v) is 24.0. The SMILES string of the molecule is C#Cc1ccc(C(=C(c2ccc(OCCBr)cc2)c2ccc(OCCBr)cc2)c2ccc(C#C)cc2)cc1. The molecule has 0 spiro atoms. The first kappa shape index (κ1) is 27.3. The van der Waals surface area contributed by atoms with Crippen molar-refractivity contribution in [2.24, 2.45) is 0 Å². The molecule has 0 atom stereocenters. The van der Waals surface area contributed by atoms with Crippen LogP contribution in [-0.2, 0) is 0 Å². The van der Waals surface area contributed by atoms with E-state index in [1.165, 1.54) is 0 Å². The van der Waals surface area contributed by atoms with Crippen molar-refractivity contribution < 1.29 is 9.47 Å². The first-order valence-corrected chi connectivity index (χ1v) is 14.4. The van der Waals surface area contributed by atoms with Gasteiger partial charge in [-0.05, 0) is 81.9 Å². The lowest BCUT2D eigenvalue weighted by Crippen LogP contribution is -2.00. The van der Waals surface area contributed by atoms with E-state index in [2.05, 4.69) is 92.2 Å². The van der Waals surface area contributed by atoms with Crippen molar-refractivity contribution >= 4 is 43.0 Å². The van der Waals surface area contributed by atoms with Crippen LogP contribution in [0.2, 0.25) is 0 Å². The van der Waals surface area contributed by atoms with Gasteiger partial charge >= 0.3 is 0 Å². The van der Waals surface area contributed by atoms with Crippen molar-refractivity contribution in [2.75, 3.05) is 23.9 Å². The van der Waals surface area contributed by atoms with E-state index < -0.39 is 0 Å². The standard InChI is InChI=1S/C34H26Br2O2/c1-3-25-5-9-27(10-6-25)33(28-11-7-26(4-2)8-12-28)34(29-13-17-31(18-14-29)37-23-21-35)30-15-19-32(20-16-30)38-24-22-36/h1-2,5-20H,21-24H2. The lowest BCUT2D eigenvalue weighted by molar-refractivity contribution is 0.345. The van der Waals surface area contributed by atoms with Crippen LogP contribution in [0.3, 0.4) is 0 Å². The molecule has 0 aliphatic rings. The molecule has 38 heavy (non-hydrogen) atoms. The molecule has 0 unspecified atom stereocenters. The number of benzene rings is 4. The predicted molar refractivity (Wildman–Crippen MR) is 165 cm³/mol. The second kappa shape index (κ2) is 13.7. The van der Waals surface area contributed by atoms with E-state index >= 15 is 0 Å². The molecule has 0 amide bonds. The van der Waals surface area contributed by atoms with Crippen LogP contribution in [0.5, 0.6) is 11.5 Å². The van der Waals surface area contributed by atoms with Gasteiger partial charge in [-0.25, -0.2) is 0 Å². The van der Waals surface area contributed by atoms with Gasteiger partial charge in [0.25, 0.3) is 0 Å². The van der Waals surface area contributed by atoms with E-state index in [0.717, 1.165) is 66.7 Å². The fourth-order valence-corrected chi connectivity index (χ4v) is 4.45. The molecule has 0 fully saturated rings. The Labute approximate surface area is 242 Å². The van der Waals surface area contributed by atoms with Gasteiger partial charge in [-0.15, -0.1) is 12.8 Å². The van der Waals surface area contributed by atoms with Crippen molar-refractivity contribution in [3.8, 4) is 36.2 Å². The minimum atomic E-state index is 0.603. The van der Waals surface area contributed by atoms with Gasteiger partial charge in [0.1, 0.15) is 11.5 Å². The van der Waals surface area contributed by atoms with E-state index in [9.17, 15) is 0 Å². The van der Waals surface area contributed by atoms with Gasteiger partial charge < -0.3 is 9.47 Å². The quantitative estimate of drug-likeness (QED) is 0.100. The molecule has 2 nitrogen and oxygen atoms in total. The van der Waals surface area contributed by atoms with Crippen LogP contribution in [0.15, 0.2) is 97.1 Å². The summed E-state index contributed by atoms with van der Waals surface area (Å²) in [6.45, 7) is 1.21. The molecule has 0 saturated carbocycles. The van der Waals surface area contributed by atoms with Gasteiger partial charge in [0.05, 0.1) is 13.2 Å². The van der Waals surface area contributed by atoms with Crippen molar-refractivity contribution in [3.63, 3.8) is 0 Å². The second-order valence-electron chi connectivity index (χ2n) is 8.32. The van der Waals surface area contributed by atoms with Crippen LogP contribution in [0.25, 0.3) is 11.1 Å². The van der Waals surface area contributed by atoms with Crippen LogP contribution >= 0.6 is 31.9 Å². The maximum atomic E-state index is 5.81. The molecule has 0 aliphatic heterocycles.